The van der Waals surface area contributed by atoms with Crippen LogP contribution in [0.1, 0.15) is 25.0 Å². The molecule has 2 amide bonds. The second kappa shape index (κ2) is 11.7. The maximum absolute atomic E-state index is 13.0. The number of nitrogens with zero attached hydrogens (tertiary/aromatic N) is 1. The van der Waals surface area contributed by atoms with Crippen LogP contribution in [0.2, 0.25) is 15.1 Å². The summed E-state index contributed by atoms with van der Waals surface area (Å²) in [6.45, 7) is 4.28. The highest BCUT2D eigenvalue weighted by atomic mass is 35.5. The monoisotopic (exact) mass is 472 g/mol. The van der Waals surface area contributed by atoms with Gasteiger partial charge in [0.25, 0.3) is 0 Å². The highest BCUT2D eigenvalue weighted by molar-refractivity contribution is 7.99. The summed E-state index contributed by atoms with van der Waals surface area (Å²) >= 11 is 19.7. The number of hydrogen-bond donors (Lipinski definition) is 1. The van der Waals surface area contributed by atoms with Crippen LogP contribution in [0.4, 0.5) is 0 Å². The van der Waals surface area contributed by atoms with E-state index in [1.54, 1.807) is 30.0 Å². The van der Waals surface area contributed by atoms with Gasteiger partial charge < -0.3 is 10.2 Å². The number of hydrogen-bond acceptors (Lipinski definition) is 3. The molecule has 0 bridgehead atoms. The number of halogens is 3. The molecule has 2 rings (SSSR count). The molecule has 0 fully saturated rings. The molecule has 1 atom stereocenters. The van der Waals surface area contributed by atoms with E-state index in [0.29, 0.717) is 27.4 Å². The van der Waals surface area contributed by atoms with Crippen molar-refractivity contribution in [3.8, 4) is 0 Å². The van der Waals surface area contributed by atoms with Gasteiger partial charge in [0.05, 0.1) is 5.75 Å². The number of nitrogens with one attached hydrogen (secondary N) is 1. The molecule has 0 saturated carbocycles. The minimum absolute atomic E-state index is 0.137. The lowest BCUT2D eigenvalue weighted by Crippen LogP contribution is -2.48. The van der Waals surface area contributed by atoms with Crippen molar-refractivity contribution in [2.24, 2.45) is 0 Å². The number of rotatable bonds is 9. The molecule has 0 aliphatic rings. The molecule has 0 radical (unpaired) electrons. The summed E-state index contributed by atoms with van der Waals surface area (Å²) in [5.74, 6) is 0.548. The zero-order chi connectivity index (χ0) is 21.4. The summed E-state index contributed by atoms with van der Waals surface area (Å²) in [7, 11) is 0. The lowest BCUT2D eigenvalue weighted by molar-refractivity contribution is -0.138. The summed E-state index contributed by atoms with van der Waals surface area (Å²) < 4.78 is 0. The molecule has 0 aliphatic heterocycles. The molecule has 1 N–H and O–H groups in total. The smallest absolute Gasteiger partial charge is 0.242 e. The van der Waals surface area contributed by atoms with Gasteiger partial charge in [-0.2, -0.15) is 0 Å². The molecule has 0 heterocycles. The van der Waals surface area contributed by atoms with Gasteiger partial charge in [-0.25, -0.2) is 0 Å². The second-order valence-corrected chi connectivity index (χ2v) is 8.72. The van der Waals surface area contributed by atoms with E-state index in [2.05, 4.69) is 5.32 Å². The SMILES string of the molecule is CCNC(=O)[C@@H](C)N(Cc1ccc(Cl)cc1Cl)C(=O)CSCc1cccc(Cl)c1. The van der Waals surface area contributed by atoms with E-state index < -0.39 is 6.04 Å². The van der Waals surface area contributed by atoms with Crippen molar-refractivity contribution in [3.05, 3.63) is 68.7 Å². The van der Waals surface area contributed by atoms with Gasteiger partial charge in [-0.3, -0.25) is 9.59 Å². The lowest BCUT2D eigenvalue weighted by atomic mass is 10.1. The quantitative estimate of drug-likeness (QED) is 0.528. The van der Waals surface area contributed by atoms with Gasteiger partial charge in [0, 0.05) is 33.9 Å². The Kier molecular flexibility index (Phi) is 9.63. The zero-order valence-corrected chi connectivity index (χ0v) is 19.3. The molecule has 0 aliphatic carbocycles. The summed E-state index contributed by atoms with van der Waals surface area (Å²) in [5.41, 5.74) is 1.78. The Morgan fingerprint density at radius 1 is 1.10 bits per heavy atom. The van der Waals surface area contributed by atoms with E-state index in [-0.39, 0.29) is 24.1 Å². The molecular formula is C21H23Cl3N2O2S. The van der Waals surface area contributed by atoms with Crippen molar-refractivity contribution >= 4 is 58.4 Å². The molecule has 29 heavy (non-hydrogen) atoms. The standard InChI is InChI=1S/C21H23Cl3N2O2S/c1-3-25-21(28)14(2)26(11-16-7-8-18(23)10-19(16)24)20(27)13-29-12-15-5-4-6-17(22)9-15/h4-10,14H,3,11-13H2,1-2H3,(H,25,28)/t14-/m1/s1. The third kappa shape index (κ3) is 7.41. The molecule has 8 heteroatoms. The minimum Gasteiger partial charge on any atom is -0.355 e. The van der Waals surface area contributed by atoms with Gasteiger partial charge in [-0.05, 0) is 49.2 Å². The summed E-state index contributed by atoms with van der Waals surface area (Å²) in [6, 6.07) is 12.0. The first-order chi connectivity index (χ1) is 13.8. The van der Waals surface area contributed by atoms with Crippen LogP contribution >= 0.6 is 46.6 Å². The van der Waals surface area contributed by atoms with Gasteiger partial charge >= 0.3 is 0 Å². The van der Waals surface area contributed by atoms with Crippen molar-refractivity contribution in [2.45, 2.75) is 32.2 Å². The predicted molar refractivity (Wildman–Crippen MR) is 123 cm³/mol. The molecule has 2 aromatic rings. The first-order valence-electron chi connectivity index (χ1n) is 9.15. The Hall–Kier alpha value is -1.40. The molecule has 156 valence electrons. The van der Waals surface area contributed by atoms with Gasteiger partial charge in [-0.15, -0.1) is 11.8 Å². The van der Waals surface area contributed by atoms with Gasteiger partial charge in [0.15, 0.2) is 0 Å². The number of likely N-dealkylation sites (N-methyl/N-ethyl adjacent to an activating group) is 1. The van der Waals surface area contributed by atoms with Crippen molar-refractivity contribution in [1.82, 2.24) is 10.2 Å². The number of amides is 2. The summed E-state index contributed by atoms with van der Waals surface area (Å²) in [6.07, 6.45) is 0. The second-order valence-electron chi connectivity index (χ2n) is 6.45. The average molecular weight is 474 g/mol. The Morgan fingerprint density at radius 3 is 2.48 bits per heavy atom. The van der Waals surface area contributed by atoms with Crippen molar-refractivity contribution in [1.29, 1.82) is 0 Å². The Morgan fingerprint density at radius 2 is 1.83 bits per heavy atom. The largest absolute Gasteiger partial charge is 0.355 e. The molecule has 2 aromatic carbocycles. The fourth-order valence-electron chi connectivity index (χ4n) is 2.70. The summed E-state index contributed by atoms with van der Waals surface area (Å²) in [5, 5.41) is 4.42. The fraction of sp³-hybridized carbons (Fsp3) is 0.333. The van der Waals surface area contributed by atoms with Crippen LogP contribution in [-0.4, -0.2) is 35.1 Å². The van der Waals surface area contributed by atoms with Gasteiger partial charge in [0.2, 0.25) is 11.8 Å². The molecule has 4 nitrogen and oxygen atoms in total. The van der Waals surface area contributed by atoms with Crippen LogP contribution in [0.25, 0.3) is 0 Å². The van der Waals surface area contributed by atoms with Crippen molar-refractivity contribution < 1.29 is 9.59 Å². The molecule has 0 spiro atoms. The van der Waals surface area contributed by atoms with E-state index in [1.807, 2.05) is 31.2 Å². The third-order valence-corrected chi connectivity index (χ3v) is 6.07. The van der Waals surface area contributed by atoms with E-state index >= 15 is 0 Å². The third-order valence-electron chi connectivity index (χ3n) is 4.26. The number of benzene rings is 2. The van der Waals surface area contributed by atoms with Crippen LogP contribution in [0.5, 0.6) is 0 Å². The molecule has 0 unspecified atom stereocenters. The lowest BCUT2D eigenvalue weighted by Gasteiger charge is -2.29. The number of thioether (sulfide) groups is 1. The highest BCUT2D eigenvalue weighted by Crippen LogP contribution is 2.24. The fourth-order valence-corrected chi connectivity index (χ4v) is 4.24. The van der Waals surface area contributed by atoms with E-state index in [0.717, 1.165) is 11.1 Å². The van der Waals surface area contributed by atoms with Crippen LogP contribution in [0.15, 0.2) is 42.5 Å². The Labute approximate surface area is 190 Å². The Balaban J connectivity index is 2.10. The van der Waals surface area contributed by atoms with E-state index in [1.165, 1.54) is 11.8 Å². The van der Waals surface area contributed by atoms with Gasteiger partial charge in [0.1, 0.15) is 6.04 Å². The topological polar surface area (TPSA) is 49.4 Å². The van der Waals surface area contributed by atoms with Gasteiger partial charge in [-0.1, -0.05) is 53.0 Å². The molecule has 0 aromatic heterocycles. The maximum atomic E-state index is 13.0. The number of carbonyl (C=O) groups excluding carboxylic acids is 2. The average Bonchev–Trinajstić information content (AvgIpc) is 2.67. The zero-order valence-electron chi connectivity index (χ0n) is 16.3. The van der Waals surface area contributed by atoms with Crippen LogP contribution in [0.3, 0.4) is 0 Å². The minimum atomic E-state index is -0.624. The van der Waals surface area contributed by atoms with Crippen molar-refractivity contribution in [2.75, 3.05) is 12.3 Å². The van der Waals surface area contributed by atoms with Crippen LogP contribution in [-0.2, 0) is 21.9 Å². The first kappa shape index (κ1) is 23.9. The Bertz CT molecular complexity index is 864. The molecule has 0 saturated heterocycles. The van der Waals surface area contributed by atoms with Crippen LogP contribution < -0.4 is 5.32 Å². The maximum Gasteiger partial charge on any atom is 0.242 e. The predicted octanol–water partition coefficient (Wildman–Crippen LogP) is 5.43. The van der Waals surface area contributed by atoms with Crippen molar-refractivity contribution in [3.63, 3.8) is 0 Å². The highest BCUT2D eigenvalue weighted by Gasteiger charge is 2.26. The van der Waals surface area contributed by atoms with Crippen LogP contribution in [0, 0.1) is 0 Å². The number of carbonyl (C=O) groups is 2. The normalized spacial score (nSPS) is 11.8. The summed E-state index contributed by atoms with van der Waals surface area (Å²) in [4.78, 5) is 26.9. The molecular weight excluding hydrogens is 451 g/mol. The van der Waals surface area contributed by atoms with E-state index in [9.17, 15) is 9.59 Å². The first-order valence-corrected chi connectivity index (χ1v) is 11.4. The van der Waals surface area contributed by atoms with E-state index in [4.69, 9.17) is 34.8 Å².